The SMILES string of the molecule is CCCCCCCC/C=C\CCCCCCCC(=O)OCC(COC(=O)CCCCCCC/C=C\CCCCCCCC)COP(=O)([O-])OCC[N+](C)(C)C. The van der Waals surface area contributed by atoms with E-state index in [-0.39, 0.29) is 38.4 Å². The standard InChI is InChI=1S/C45H86NO8P/c1-6-8-10-12-14-16-18-20-22-24-26-28-30-32-34-36-44(47)51-40-43(42-54-55(49,50)53-39-38-46(3,4)5)41-52-45(48)37-35-33-31-29-27-25-23-21-19-17-15-13-11-9-7-2/h20-23,43H,6-19,24-42H2,1-5H3/b22-20-,23-21-. The van der Waals surface area contributed by atoms with Crippen molar-refractivity contribution in [3.05, 3.63) is 24.3 Å². The van der Waals surface area contributed by atoms with Crippen molar-refractivity contribution in [3.63, 3.8) is 0 Å². The van der Waals surface area contributed by atoms with Gasteiger partial charge in [-0.25, -0.2) is 0 Å². The highest BCUT2D eigenvalue weighted by molar-refractivity contribution is 7.45. The fraction of sp³-hybridized carbons (Fsp3) is 0.867. The number of carbonyl (C=O) groups excluding carboxylic acids is 2. The third-order valence-corrected chi connectivity index (χ3v) is 10.7. The van der Waals surface area contributed by atoms with Crippen LogP contribution in [0.1, 0.15) is 194 Å². The normalized spacial score (nSPS) is 13.3. The number of phosphoric ester groups is 1. The molecular weight excluding hydrogens is 713 g/mol. The maximum absolute atomic E-state index is 12.5. The summed E-state index contributed by atoms with van der Waals surface area (Å²) in [6.45, 7) is 4.49. The molecule has 1 unspecified atom stereocenters. The Morgan fingerprint density at radius 3 is 1.24 bits per heavy atom. The zero-order valence-electron chi connectivity index (χ0n) is 36.4. The van der Waals surface area contributed by atoms with Crippen LogP contribution in [0.25, 0.3) is 0 Å². The van der Waals surface area contributed by atoms with Crippen LogP contribution in [0.15, 0.2) is 24.3 Å². The fourth-order valence-electron chi connectivity index (χ4n) is 6.05. The topological polar surface area (TPSA) is 111 Å². The third kappa shape index (κ3) is 41.9. The first-order valence-electron chi connectivity index (χ1n) is 22.5. The van der Waals surface area contributed by atoms with Crippen molar-refractivity contribution in [2.24, 2.45) is 5.92 Å². The van der Waals surface area contributed by atoms with Crippen molar-refractivity contribution in [1.29, 1.82) is 0 Å². The second-order valence-electron chi connectivity index (χ2n) is 16.5. The lowest BCUT2D eigenvalue weighted by atomic mass is 10.1. The molecule has 0 rings (SSSR count). The van der Waals surface area contributed by atoms with Crippen LogP contribution >= 0.6 is 7.82 Å². The lowest BCUT2D eigenvalue weighted by molar-refractivity contribution is -0.870. The van der Waals surface area contributed by atoms with Crippen molar-refractivity contribution < 1.29 is 42.1 Å². The van der Waals surface area contributed by atoms with E-state index in [9.17, 15) is 19.0 Å². The van der Waals surface area contributed by atoms with E-state index in [4.69, 9.17) is 18.5 Å². The van der Waals surface area contributed by atoms with E-state index >= 15 is 0 Å². The number of rotatable bonds is 41. The van der Waals surface area contributed by atoms with Gasteiger partial charge in [0.05, 0.1) is 46.9 Å². The summed E-state index contributed by atoms with van der Waals surface area (Å²) in [6, 6.07) is 0. The lowest BCUT2D eigenvalue weighted by Crippen LogP contribution is -2.37. The summed E-state index contributed by atoms with van der Waals surface area (Å²) in [5.74, 6) is -1.31. The number of ether oxygens (including phenoxy) is 2. The molecule has 0 radical (unpaired) electrons. The number of unbranched alkanes of at least 4 members (excludes halogenated alkanes) is 22. The zero-order chi connectivity index (χ0) is 40.7. The molecule has 0 spiro atoms. The summed E-state index contributed by atoms with van der Waals surface area (Å²) in [7, 11) is 1.24. The number of nitrogens with zero attached hydrogens (tertiary/aromatic N) is 1. The van der Waals surface area contributed by atoms with E-state index in [2.05, 4.69) is 38.2 Å². The second-order valence-corrected chi connectivity index (χ2v) is 17.9. The van der Waals surface area contributed by atoms with Crippen molar-refractivity contribution in [2.45, 2.75) is 194 Å². The molecule has 0 aromatic carbocycles. The Labute approximate surface area is 339 Å². The Morgan fingerprint density at radius 1 is 0.527 bits per heavy atom. The van der Waals surface area contributed by atoms with Crippen LogP contribution in [0, 0.1) is 5.92 Å². The van der Waals surface area contributed by atoms with Crippen molar-refractivity contribution in [3.8, 4) is 0 Å². The largest absolute Gasteiger partial charge is 0.756 e. The molecule has 9 nitrogen and oxygen atoms in total. The van der Waals surface area contributed by atoms with Gasteiger partial charge in [-0.05, 0) is 64.2 Å². The van der Waals surface area contributed by atoms with E-state index in [1.807, 2.05) is 21.1 Å². The summed E-state index contributed by atoms with van der Waals surface area (Å²) in [4.78, 5) is 37.4. The first kappa shape index (κ1) is 53.5. The quantitative estimate of drug-likeness (QED) is 0.0198. The molecule has 0 aliphatic rings. The highest BCUT2D eigenvalue weighted by Crippen LogP contribution is 2.38. The number of quaternary nitrogens is 1. The Morgan fingerprint density at radius 2 is 0.873 bits per heavy atom. The Bertz CT molecular complexity index is 940. The van der Waals surface area contributed by atoms with Crippen molar-refractivity contribution in [2.75, 3.05) is 54.1 Å². The molecule has 0 aromatic heterocycles. The Kier molecular flexibility index (Phi) is 37.0. The van der Waals surface area contributed by atoms with Crippen LogP contribution in [-0.2, 0) is 32.7 Å². The van der Waals surface area contributed by atoms with Gasteiger partial charge in [-0.1, -0.05) is 141 Å². The smallest absolute Gasteiger partial charge is 0.305 e. The van der Waals surface area contributed by atoms with Gasteiger partial charge in [-0.3, -0.25) is 14.2 Å². The minimum absolute atomic E-state index is 0.00910. The summed E-state index contributed by atoms with van der Waals surface area (Å²) >= 11 is 0. The molecule has 0 saturated heterocycles. The summed E-state index contributed by atoms with van der Waals surface area (Å²) < 4.78 is 34.0. The van der Waals surface area contributed by atoms with Gasteiger partial charge in [0.15, 0.2) is 0 Å². The fourth-order valence-corrected chi connectivity index (χ4v) is 6.82. The second kappa shape index (κ2) is 38.0. The zero-order valence-corrected chi connectivity index (χ0v) is 37.3. The number of esters is 2. The highest BCUT2D eigenvalue weighted by atomic mass is 31.2. The molecule has 10 heteroatoms. The summed E-state index contributed by atoms with van der Waals surface area (Å²) in [5.41, 5.74) is 0. The maximum atomic E-state index is 12.5. The molecule has 0 bridgehead atoms. The average Bonchev–Trinajstić information content (AvgIpc) is 3.13. The van der Waals surface area contributed by atoms with Gasteiger partial charge in [-0.2, -0.15) is 0 Å². The van der Waals surface area contributed by atoms with Crippen LogP contribution in [0.2, 0.25) is 0 Å². The molecule has 55 heavy (non-hydrogen) atoms. The molecule has 0 amide bonds. The average molecular weight is 800 g/mol. The van der Waals surface area contributed by atoms with Crippen LogP contribution in [0.5, 0.6) is 0 Å². The number of likely N-dealkylation sites (N-methyl/N-ethyl adjacent to an activating group) is 1. The van der Waals surface area contributed by atoms with E-state index in [1.54, 1.807) is 0 Å². The van der Waals surface area contributed by atoms with Gasteiger partial charge >= 0.3 is 11.9 Å². The molecule has 0 aromatic rings. The Balaban J connectivity index is 4.35. The van der Waals surface area contributed by atoms with Crippen molar-refractivity contribution >= 4 is 19.8 Å². The van der Waals surface area contributed by atoms with E-state index < -0.39 is 13.7 Å². The molecule has 0 heterocycles. The van der Waals surface area contributed by atoms with Gasteiger partial charge in [0.25, 0.3) is 7.82 Å². The molecule has 0 aliphatic heterocycles. The van der Waals surface area contributed by atoms with Gasteiger partial charge < -0.3 is 27.9 Å². The van der Waals surface area contributed by atoms with Gasteiger partial charge in [0.1, 0.15) is 13.2 Å². The predicted octanol–water partition coefficient (Wildman–Crippen LogP) is 12.0. The monoisotopic (exact) mass is 800 g/mol. The number of hydrogen-bond donors (Lipinski definition) is 0. The molecule has 324 valence electrons. The molecule has 0 fully saturated rings. The maximum Gasteiger partial charge on any atom is 0.305 e. The van der Waals surface area contributed by atoms with Crippen LogP contribution in [0.3, 0.4) is 0 Å². The number of hydrogen-bond acceptors (Lipinski definition) is 8. The van der Waals surface area contributed by atoms with Gasteiger partial charge in [0.2, 0.25) is 0 Å². The molecular formula is C45H86NO8P. The highest BCUT2D eigenvalue weighted by Gasteiger charge is 2.20. The third-order valence-electron chi connectivity index (χ3n) is 9.73. The predicted molar refractivity (Wildman–Crippen MR) is 227 cm³/mol. The molecule has 0 aliphatic carbocycles. The van der Waals surface area contributed by atoms with Crippen LogP contribution in [-0.4, -0.2) is 70.5 Å². The Hall–Kier alpha value is -1.51. The first-order valence-corrected chi connectivity index (χ1v) is 24.0. The van der Waals surface area contributed by atoms with Gasteiger partial charge in [0, 0.05) is 12.8 Å². The lowest BCUT2D eigenvalue weighted by Gasteiger charge is -2.28. The molecule has 1 atom stereocenters. The minimum Gasteiger partial charge on any atom is -0.756 e. The van der Waals surface area contributed by atoms with Gasteiger partial charge in [-0.15, -0.1) is 0 Å². The summed E-state index contributed by atoms with van der Waals surface area (Å²) in [5, 5.41) is 0. The van der Waals surface area contributed by atoms with E-state index in [1.165, 1.54) is 89.9 Å². The number of phosphoric acid groups is 1. The summed E-state index contributed by atoms with van der Waals surface area (Å²) in [6.07, 6.45) is 40.6. The number of carbonyl (C=O) groups is 2. The minimum atomic E-state index is -4.57. The van der Waals surface area contributed by atoms with Crippen molar-refractivity contribution in [1.82, 2.24) is 0 Å². The van der Waals surface area contributed by atoms with Crippen LogP contribution in [0.4, 0.5) is 0 Å². The molecule has 0 N–H and O–H groups in total. The van der Waals surface area contributed by atoms with E-state index in [0.717, 1.165) is 77.0 Å². The number of allylic oxidation sites excluding steroid dienone is 4. The molecule has 0 saturated carbocycles. The first-order chi connectivity index (χ1) is 26.5. The van der Waals surface area contributed by atoms with E-state index in [0.29, 0.717) is 23.9 Å². The van der Waals surface area contributed by atoms with Crippen LogP contribution < -0.4 is 4.89 Å².